The third kappa shape index (κ3) is 2.69. The highest BCUT2D eigenvalue weighted by Crippen LogP contribution is 2.09. The third-order valence-corrected chi connectivity index (χ3v) is 1.97. The Labute approximate surface area is 80.8 Å². The van der Waals surface area contributed by atoms with Crippen LogP contribution in [0.2, 0.25) is 0 Å². The molecule has 0 saturated carbocycles. The topological polar surface area (TPSA) is 83.5 Å². The molecule has 76 valence electrons. The first-order chi connectivity index (χ1) is 6.61. The summed E-state index contributed by atoms with van der Waals surface area (Å²) in [5, 5.41) is 10.6. The Morgan fingerprint density at radius 2 is 2.07 bits per heavy atom. The van der Waals surface area contributed by atoms with E-state index in [-0.39, 0.29) is 6.04 Å². The summed E-state index contributed by atoms with van der Waals surface area (Å²) in [6.45, 7) is 0. The Hall–Kier alpha value is -1.65. The zero-order valence-electron chi connectivity index (χ0n) is 7.53. The minimum atomic E-state index is -1.72. The number of nitrogens with one attached hydrogen (secondary N) is 1. The average Bonchev–Trinajstić information content (AvgIpc) is 2.18. The molecule has 0 spiro atoms. The first-order valence-electron chi connectivity index (χ1n) is 4.36. The van der Waals surface area contributed by atoms with Gasteiger partial charge in [0.15, 0.2) is 0 Å². The molecule has 5 nitrogen and oxygen atoms in total. The zero-order chi connectivity index (χ0) is 10.6. The summed E-state index contributed by atoms with van der Waals surface area (Å²) in [6, 6.07) is -0.209. The van der Waals surface area contributed by atoms with Crippen LogP contribution < -0.4 is 5.32 Å². The minimum absolute atomic E-state index is 0.209. The Balaban J connectivity index is 2.47. The van der Waals surface area contributed by atoms with Gasteiger partial charge in [0.05, 0.1) is 0 Å². The summed E-state index contributed by atoms with van der Waals surface area (Å²) in [5.74, 6) is -4.18. The monoisotopic (exact) mass is 197 g/mol. The normalized spacial score (nSPS) is 20.1. The number of carboxylic acid groups (broad SMARTS) is 1. The lowest BCUT2D eigenvalue weighted by Crippen LogP contribution is -2.41. The lowest BCUT2D eigenvalue weighted by atomic mass is 10.0. The summed E-state index contributed by atoms with van der Waals surface area (Å²) in [6.07, 6.45) is 6.31. The summed E-state index contributed by atoms with van der Waals surface area (Å²) < 4.78 is 0. The molecule has 0 radical (unpaired) electrons. The highest BCUT2D eigenvalue weighted by Gasteiger charge is 2.23. The quantitative estimate of drug-likeness (QED) is 0.375. The number of ketones is 1. The van der Waals surface area contributed by atoms with Crippen LogP contribution in [0.15, 0.2) is 12.2 Å². The smallest absolute Gasteiger partial charge is 0.382 e. The van der Waals surface area contributed by atoms with Crippen molar-refractivity contribution in [3.05, 3.63) is 12.2 Å². The van der Waals surface area contributed by atoms with Crippen molar-refractivity contribution in [2.75, 3.05) is 0 Å². The number of allylic oxidation sites excluding steroid dienone is 1. The predicted octanol–water partition coefficient (Wildman–Crippen LogP) is -0.135. The number of hydrogen-bond acceptors (Lipinski definition) is 3. The molecule has 2 N–H and O–H groups in total. The van der Waals surface area contributed by atoms with E-state index in [1.165, 1.54) is 0 Å². The summed E-state index contributed by atoms with van der Waals surface area (Å²) in [7, 11) is 0. The van der Waals surface area contributed by atoms with E-state index in [1.807, 2.05) is 6.08 Å². The summed E-state index contributed by atoms with van der Waals surface area (Å²) >= 11 is 0. The summed E-state index contributed by atoms with van der Waals surface area (Å²) in [4.78, 5) is 31.8. The second kappa shape index (κ2) is 4.55. The van der Waals surface area contributed by atoms with Gasteiger partial charge >= 0.3 is 11.8 Å². The van der Waals surface area contributed by atoms with Crippen LogP contribution in [0.1, 0.15) is 19.3 Å². The molecular weight excluding hydrogens is 186 g/mol. The third-order valence-electron chi connectivity index (χ3n) is 1.97. The lowest BCUT2D eigenvalue weighted by Gasteiger charge is -2.16. The van der Waals surface area contributed by atoms with E-state index < -0.39 is 17.7 Å². The van der Waals surface area contributed by atoms with Crippen molar-refractivity contribution < 1.29 is 19.5 Å². The standard InChI is InChI=1S/C9H11NO4/c11-7(9(13)14)8(12)10-6-4-2-1-3-5-6/h2,4,6H,1,3,5H2,(H,10,12)(H,13,14). The van der Waals surface area contributed by atoms with Gasteiger partial charge in [0, 0.05) is 6.04 Å². The molecule has 0 bridgehead atoms. The number of Topliss-reactive ketones (excluding diaryl/α,β-unsaturated/α-hetero) is 1. The molecular formula is C9H11NO4. The molecule has 1 amide bonds. The van der Waals surface area contributed by atoms with Gasteiger partial charge in [0.25, 0.3) is 5.91 Å². The number of aliphatic carboxylic acids is 1. The highest BCUT2D eigenvalue weighted by molar-refractivity contribution is 6.61. The molecule has 1 rings (SSSR count). The van der Waals surface area contributed by atoms with Gasteiger partial charge in [-0.1, -0.05) is 12.2 Å². The maximum absolute atomic E-state index is 11.0. The first kappa shape index (κ1) is 10.4. The molecule has 0 aliphatic heterocycles. The highest BCUT2D eigenvalue weighted by atomic mass is 16.4. The van der Waals surface area contributed by atoms with E-state index in [9.17, 15) is 14.4 Å². The number of rotatable bonds is 3. The molecule has 1 atom stereocenters. The number of carboxylic acids is 1. The second-order valence-corrected chi connectivity index (χ2v) is 3.07. The lowest BCUT2D eigenvalue weighted by molar-refractivity contribution is -0.153. The molecule has 5 heteroatoms. The molecule has 1 aliphatic rings. The zero-order valence-corrected chi connectivity index (χ0v) is 7.53. The Morgan fingerprint density at radius 3 is 2.57 bits per heavy atom. The van der Waals surface area contributed by atoms with Crippen LogP contribution >= 0.6 is 0 Å². The van der Waals surface area contributed by atoms with Crippen molar-refractivity contribution in [3.8, 4) is 0 Å². The predicted molar refractivity (Wildman–Crippen MR) is 47.6 cm³/mol. The van der Waals surface area contributed by atoms with Gasteiger partial charge < -0.3 is 10.4 Å². The van der Waals surface area contributed by atoms with E-state index in [2.05, 4.69) is 5.32 Å². The van der Waals surface area contributed by atoms with Crippen molar-refractivity contribution in [1.82, 2.24) is 5.32 Å². The fraction of sp³-hybridized carbons (Fsp3) is 0.444. The Kier molecular flexibility index (Phi) is 3.39. The van der Waals surface area contributed by atoms with E-state index in [4.69, 9.17) is 5.11 Å². The van der Waals surface area contributed by atoms with Crippen LogP contribution in [0.3, 0.4) is 0 Å². The number of hydrogen-bond donors (Lipinski definition) is 2. The number of carbonyl (C=O) groups is 3. The van der Waals surface area contributed by atoms with Crippen molar-refractivity contribution in [3.63, 3.8) is 0 Å². The van der Waals surface area contributed by atoms with Gasteiger partial charge in [-0.2, -0.15) is 0 Å². The molecule has 0 aromatic heterocycles. The SMILES string of the molecule is O=C(O)C(=O)C(=O)NC1C=CCCC1. The molecule has 0 fully saturated rings. The molecule has 0 saturated heterocycles. The average molecular weight is 197 g/mol. The van der Waals surface area contributed by atoms with Crippen LogP contribution in [0, 0.1) is 0 Å². The van der Waals surface area contributed by atoms with Crippen LogP contribution in [-0.4, -0.2) is 28.8 Å². The molecule has 0 aromatic carbocycles. The van der Waals surface area contributed by atoms with Gasteiger partial charge in [-0.15, -0.1) is 0 Å². The van der Waals surface area contributed by atoms with Gasteiger partial charge in [0.2, 0.25) is 0 Å². The molecule has 1 aliphatic carbocycles. The van der Waals surface area contributed by atoms with Gasteiger partial charge in [-0.25, -0.2) is 4.79 Å². The van der Waals surface area contributed by atoms with E-state index in [0.717, 1.165) is 19.3 Å². The summed E-state index contributed by atoms with van der Waals surface area (Å²) in [5.41, 5.74) is 0. The van der Waals surface area contributed by atoms with Crippen molar-refractivity contribution >= 4 is 17.7 Å². The van der Waals surface area contributed by atoms with Gasteiger partial charge in [-0.3, -0.25) is 9.59 Å². The van der Waals surface area contributed by atoms with Crippen LogP contribution in [-0.2, 0) is 14.4 Å². The maximum Gasteiger partial charge on any atom is 0.382 e. The first-order valence-corrected chi connectivity index (χ1v) is 4.36. The van der Waals surface area contributed by atoms with Crippen LogP contribution in [0.25, 0.3) is 0 Å². The van der Waals surface area contributed by atoms with Crippen LogP contribution in [0.4, 0.5) is 0 Å². The maximum atomic E-state index is 11.0. The van der Waals surface area contributed by atoms with E-state index >= 15 is 0 Å². The second-order valence-electron chi connectivity index (χ2n) is 3.07. The van der Waals surface area contributed by atoms with Crippen molar-refractivity contribution in [2.45, 2.75) is 25.3 Å². The number of amides is 1. The minimum Gasteiger partial charge on any atom is -0.475 e. The Bertz CT molecular complexity index is 295. The fourth-order valence-electron chi connectivity index (χ4n) is 1.26. The molecule has 0 aromatic rings. The fourth-order valence-corrected chi connectivity index (χ4v) is 1.26. The molecule has 1 unspecified atom stereocenters. The van der Waals surface area contributed by atoms with E-state index in [0.29, 0.717) is 0 Å². The van der Waals surface area contributed by atoms with Gasteiger partial charge in [0.1, 0.15) is 0 Å². The van der Waals surface area contributed by atoms with E-state index in [1.54, 1.807) is 6.08 Å². The number of carbonyl (C=O) groups excluding carboxylic acids is 2. The molecule has 14 heavy (non-hydrogen) atoms. The Morgan fingerprint density at radius 1 is 1.36 bits per heavy atom. The molecule has 0 heterocycles. The van der Waals surface area contributed by atoms with Crippen molar-refractivity contribution in [1.29, 1.82) is 0 Å². The van der Waals surface area contributed by atoms with Crippen LogP contribution in [0.5, 0.6) is 0 Å². The largest absolute Gasteiger partial charge is 0.475 e. The van der Waals surface area contributed by atoms with Gasteiger partial charge in [-0.05, 0) is 19.3 Å². The van der Waals surface area contributed by atoms with Crippen molar-refractivity contribution in [2.24, 2.45) is 0 Å².